The number of aromatic nitrogens is 2. The van der Waals surface area contributed by atoms with Gasteiger partial charge >= 0.3 is 5.97 Å². The van der Waals surface area contributed by atoms with Gasteiger partial charge in [0.25, 0.3) is 0 Å². The normalized spacial score (nSPS) is 10.1. The summed E-state index contributed by atoms with van der Waals surface area (Å²) < 4.78 is 0. The van der Waals surface area contributed by atoms with Gasteiger partial charge in [-0.05, 0) is 36.4 Å². The minimum absolute atomic E-state index is 0.135. The van der Waals surface area contributed by atoms with E-state index in [2.05, 4.69) is 25.9 Å². The smallest absolute Gasteiger partial charge is 0.337 e. The topological polar surface area (TPSA) is 116 Å². The van der Waals surface area contributed by atoms with Crippen LogP contribution in [0.4, 0.5) is 28.7 Å². The Hall–Kier alpha value is -3.94. The van der Waals surface area contributed by atoms with E-state index in [9.17, 15) is 14.7 Å². The van der Waals surface area contributed by atoms with Crippen LogP contribution in [0.15, 0.2) is 60.9 Å². The van der Waals surface area contributed by atoms with Crippen LogP contribution >= 0.6 is 0 Å². The molecule has 27 heavy (non-hydrogen) atoms. The molecule has 136 valence electrons. The summed E-state index contributed by atoms with van der Waals surface area (Å²) in [6, 6.07) is 15.4. The first-order valence-electron chi connectivity index (χ1n) is 8.07. The lowest BCUT2D eigenvalue weighted by Gasteiger charge is -2.11. The molecule has 0 fully saturated rings. The highest BCUT2D eigenvalue weighted by molar-refractivity contribution is 5.95. The van der Waals surface area contributed by atoms with E-state index in [-0.39, 0.29) is 11.5 Å². The van der Waals surface area contributed by atoms with Crippen molar-refractivity contribution in [2.45, 2.75) is 6.92 Å². The van der Waals surface area contributed by atoms with Crippen molar-refractivity contribution in [3.8, 4) is 0 Å². The van der Waals surface area contributed by atoms with Crippen molar-refractivity contribution in [1.29, 1.82) is 0 Å². The molecule has 0 saturated heterocycles. The van der Waals surface area contributed by atoms with Crippen molar-refractivity contribution in [3.63, 3.8) is 0 Å². The molecule has 0 aliphatic heterocycles. The first kappa shape index (κ1) is 17.9. The second-order valence-corrected chi connectivity index (χ2v) is 5.65. The first-order valence-corrected chi connectivity index (χ1v) is 8.07. The maximum Gasteiger partial charge on any atom is 0.337 e. The van der Waals surface area contributed by atoms with E-state index in [4.69, 9.17) is 0 Å². The van der Waals surface area contributed by atoms with Crippen molar-refractivity contribution >= 4 is 40.6 Å². The Labute approximate surface area is 155 Å². The average Bonchev–Trinajstić information content (AvgIpc) is 2.63. The van der Waals surface area contributed by atoms with Crippen LogP contribution in [0.2, 0.25) is 0 Å². The number of carboxylic acid groups (broad SMARTS) is 1. The van der Waals surface area contributed by atoms with Crippen molar-refractivity contribution < 1.29 is 14.7 Å². The molecule has 4 N–H and O–H groups in total. The number of carbonyl (C=O) groups is 2. The van der Waals surface area contributed by atoms with Gasteiger partial charge in [0.1, 0.15) is 18.0 Å². The molecule has 0 spiro atoms. The number of rotatable bonds is 6. The number of carboxylic acids is 1. The summed E-state index contributed by atoms with van der Waals surface area (Å²) in [7, 11) is 0. The van der Waals surface area contributed by atoms with Crippen molar-refractivity contribution in [3.05, 3.63) is 66.5 Å². The lowest BCUT2D eigenvalue weighted by Crippen LogP contribution is -2.05. The Kier molecular flexibility index (Phi) is 5.27. The van der Waals surface area contributed by atoms with Crippen LogP contribution in [0.1, 0.15) is 17.3 Å². The van der Waals surface area contributed by atoms with Gasteiger partial charge in [0.2, 0.25) is 5.91 Å². The Bertz CT molecular complexity index is 973. The molecule has 0 saturated carbocycles. The number of aromatic carboxylic acids is 1. The largest absolute Gasteiger partial charge is 0.478 e. The average molecular weight is 363 g/mol. The molecule has 0 bridgehead atoms. The Balaban J connectivity index is 1.74. The van der Waals surface area contributed by atoms with E-state index in [0.29, 0.717) is 23.0 Å². The first-order chi connectivity index (χ1) is 13.0. The predicted octanol–water partition coefficient (Wildman–Crippen LogP) is 3.62. The van der Waals surface area contributed by atoms with Crippen LogP contribution in [0.5, 0.6) is 0 Å². The highest BCUT2D eigenvalue weighted by Gasteiger charge is 2.10. The molecule has 1 amide bonds. The van der Waals surface area contributed by atoms with Crippen molar-refractivity contribution in [2.75, 3.05) is 16.0 Å². The van der Waals surface area contributed by atoms with E-state index in [1.807, 2.05) is 0 Å². The summed E-state index contributed by atoms with van der Waals surface area (Å²) in [5.74, 6) is -0.169. The molecule has 1 aromatic heterocycles. The third kappa shape index (κ3) is 4.79. The lowest BCUT2D eigenvalue weighted by molar-refractivity contribution is -0.114. The molecule has 0 aliphatic carbocycles. The fourth-order valence-corrected chi connectivity index (χ4v) is 2.40. The second-order valence-electron chi connectivity index (χ2n) is 5.65. The Morgan fingerprint density at radius 1 is 0.889 bits per heavy atom. The summed E-state index contributed by atoms with van der Waals surface area (Å²) in [5.41, 5.74) is 2.07. The summed E-state index contributed by atoms with van der Waals surface area (Å²) in [6.45, 7) is 1.45. The zero-order chi connectivity index (χ0) is 19.2. The molecule has 0 unspecified atom stereocenters. The number of nitrogens with one attached hydrogen (secondary N) is 3. The highest BCUT2D eigenvalue weighted by atomic mass is 16.4. The fourth-order valence-electron chi connectivity index (χ4n) is 2.40. The molecular formula is C19H17N5O3. The minimum atomic E-state index is -1.02. The SMILES string of the molecule is CC(=O)Nc1ccc(Nc2cc(Nc3ccccc3C(=O)O)ncn2)cc1. The molecule has 0 aliphatic rings. The maximum atomic E-state index is 11.3. The molecule has 0 radical (unpaired) electrons. The molecule has 2 aromatic carbocycles. The summed E-state index contributed by atoms with van der Waals surface area (Å²) in [5, 5.41) is 18.1. The number of hydrogen-bond acceptors (Lipinski definition) is 6. The summed E-state index contributed by atoms with van der Waals surface area (Å²) in [4.78, 5) is 30.6. The molecule has 8 heteroatoms. The Morgan fingerprint density at radius 2 is 1.52 bits per heavy atom. The second kappa shape index (κ2) is 7.96. The van der Waals surface area contributed by atoms with Gasteiger partial charge in [-0.2, -0.15) is 0 Å². The van der Waals surface area contributed by atoms with Crippen LogP contribution in [0.25, 0.3) is 0 Å². The quantitative estimate of drug-likeness (QED) is 0.528. The number of carbonyl (C=O) groups excluding carboxylic acids is 1. The minimum Gasteiger partial charge on any atom is -0.478 e. The van der Waals surface area contributed by atoms with Gasteiger partial charge in [-0.15, -0.1) is 0 Å². The van der Waals surface area contributed by atoms with Gasteiger partial charge in [0.05, 0.1) is 11.3 Å². The van der Waals surface area contributed by atoms with Gasteiger partial charge in [-0.3, -0.25) is 4.79 Å². The van der Waals surface area contributed by atoms with Gasteiger partial charge in [0.15, 0.2) is 0 Å². The zero-order valence-electron chi connectivity index (χ0n) is 14.4. The zero-order valence-corrected chi connectivity index (χ0v) is 14.4. The standard InChI is InChI=1S/C19H17N5O3/c1-12(25)22-13-6-8-14(9-7-13)23-17-10-18(21-11-20-17)24-16-5-3-2-4-15(16)19(26)27/h2-11H,1H3,(H,22,25)(H,26,27)(H2,20,21,23,24). The molecule has 0 atom stereocenters. The van der Waals surface area contributed by atoms with E-state index >= 15 is 0 Å². The van der Waals surface area contributed by atoms with Crippen LogP contribution < -0.4 is 16.0 Å². The molecular weight excluding hydrogens is 346 g/mol. The van der Waals surface area contributed by atoms with Gasteiger partial charge in [-0.1, -0.05) is 12.1 Å². The summed E-state index contributed by atoms with van der Waals surface area (Å²) >= 11 is 0. The Morgan fingerprint density at radius 3 is 2.19 bits per heavy atom. The van der Waals surface area contributed by atoms with Crippen molar-refractivity contribution in [2.24, 2.45) is 0 Å². The van der Waals surface area contributed by atoms with Crippen LogP contribution in [-0.2, 0) is 4.79 Å². The number of nitrogens with zero attached hydrogens (tertiary/aromatic N) is 2. The number of benzene rings is 2. The van der Waals surface area contributed by atoms with E-state index in [1.165, 1.54) is 19.3 Å². The van der Waals surface area contributed by atoms with Gasteiger partial charge in [-0.25, -0.2) is 14.8 Å². The van der Waals surface area contributed by atoms with Crippen LogP contribution in [0, 0.1) is 0 Å². The number of anilines is 5. The molecule has 1 heterocycles. The van der Waals surface area contributed by atoms with E-state index in [1.54, 1.807) is 48.5 Å². The number of hydrogen-bond donors (Lipinski definition) is 4. The third-order valence-corrected chi connectivity index (χ3v) is 3.56. The van der Waals surface area contributed by atoms with Gasteiger partial charge < -0.3 is 21.1 Å². The monoisotopic (exact) mass is 363 g/mol. The summed E-state index contributed by atoms with van der Waals surface area (Å²) in [6.07, 6.45) is 1.37. The fraction of sp³-hybridized carbons (Fsp3) is 0.0526. The lowest BCUT2D eigenvalue weighted by atomic mass is 10.2. The van der Waals surface area contributed by atoms with Crippen LogP contribution in [-0.4, -0.2) is 27.0 Å². The molecule has 8 nitrogen and oxygen atoms in total. The van der Waals surface area contributed by atoms with Crippen molar-refractivity contribution in [1.82, 2.24) is 9.97 Å². The third-order valence-electron chi connectivity index (χ3n) is 3.56. The molecule has 3 rings (SSSR count). The maximum absolute atomic E-state index is 11.3. The number of amides is 1. The highest BCUT2D eigenvalue weighted by Crippen LogP contribution is 2.22. The van der Waals surface area contributed by atoms with Crippen LogP contribution in [0.3, 0.4) is 0 Å². The van der Waals surface area contributed by atoms with Gasteiger partial charge in [0, 0.05) is 24.4 Å². The number of para-hydroxylation sites is 1. The predicted molar refractivity (Wildman–Crippen MR) is 103 cm³/mol. The molecule has 3 aromatic rings. The van der Waals surface area contributed by atoms with E-state index < -0.39 is 5.97 Å². The van der Waals surface area contributed by atoms with E-state index in [0.717, 1.165) is 5.69 Å².